The molecule has 0 aliphatic carbocycles. The van der Waals surface area contributed by atoms with Gasteiger partial charge < -0.3 is 14.2 Å². The zero-order valence-corrected chi connectivity index (χ0v) is 16.7. The number of rotatable bonds is 6. The summed E-state index contributed by atoms with van der Waals surface area (Å²) in [6, 6.07) is 8.63. The maximum Gasteiger partial charge on any atom is 0.254 e. The summed E-state index contributed by atoms with van der Waals surface area (Å²) in [5.41, 5.74) is 7.14. The van der Waals surface area contributed by atoms with E-state index in [2.05, 4.69) is 16.0 Å². The summed E-state index contributed by atoms with van der Waals surface area (Å²) in [5, 5.41) is 3.87. The zero-order valence-electron chi connectivity index (χ0n) is 16.7. The molecule has 0 radical (unpaired) electrons. The predicted molar refractivity (Wildman–Crippen MR) is 104 cm³/mol. The fraction of sp³-hybridized carbons (Fsp3) is 0.524. The first-order valence-corrected chi connectivity index (χ1v) is 10.2. The topological polar surface area (TPSA) is 79.6 Å². The number of ether oxygens (including phenoxy) is 1. The number of halogens is 1. The summed E-state index contributed by atoms with van der Waals surface area (Å²) >= 11 is 0. The fourth-order valence-corrected chi connectivity index (χ4v) is 4.16. The van der Waals surface area contributed by atoms with Gasteiger partial charge in [-0.05, 0) is 31.5 Å². The van der Waals surface area contributed by atoms with E-state index in [1.54, 1.807) is 18.2 Å². The second kappa shape index (κ2) is 8.51. The van der Waals surface area contributed by atoms with Crippen LogP contribution >= 0.6 is 0 Å². The highest BCUT2D eigenvalue weighted by Crippen LogP contribution is 2.35. The molecule has 3 atom stereocenters. The highest BCUT2D eigenvalue weighted by Gasteiger charge is 2.42. The molecule has 0 bridgehead atoms. The Labute approximate surface area is 169 Å². The number of hydrogen-bond acceptors (Lipinski definition) is 6. The number of likely N-dealkylation sites (tertiary alicyclic amines) is 1. The largest absolute Gasteiger partial charge is 0.473 e. The molecule has 2 aliphatic rings. The van der Waals surface area contributed by atoms with Crippen LogP contribution in [-0.2, 0) is 11.2 Å². The average molecular weight is 402 g/mol. The highest BCUT2D eigenvalue weighted by atomic mass is 19.1. The molecule has 2 fully saturated rings. The van der Waals surface area contributed by atoms with Crippen molar-refractivity contribution in [2.75, 3.05) is 13.1 Å². The van der Waals surface area contributed by atoms with Crippen molar-refractivity contribution in [3.8, 4) is 5.88 Å². The van der Waals surface area contributed by atoms with Gasteiger partial charge in [-0.3, -0.25) is 10.2 Å². The van der Waals surface area contributed by atoms with Crippen LogP contribution in [0.5, 0.6) is 5.88 Å². The van der Waals surface area contributed by atoms with Crippen molar-refractivity contribution in [2.45, 2.75) is 51.3 Å². The van der Waals surface area contributed by atoms with E-state index in [9.17, 15) is 9.18 Å². The molecule has 8 heteroatoms. The number of nitrogens with one attached hydrogen (secondary N) is 2. The van der Waals surface area contributed by atoms with Crippen LogP contribution in [0.15, 0.2) is 34.9 Å². The Kier molecular flexibility index (Phi) is 5.82. The van der Waals surface area contributed by atoms with Crippen LogP contribution < -0.4 is 15.6 Å². The van der Waals surface area contributed by atoms with Crippen molar-refractivity contribution in [2.24, 2.45) is 5.92 Å². The van der Waals surface area contributed by atoms with E-state index in [-0.39, 0.29) is 35.8 Å². The fourth-order valence-electron chi connectivity index (χ4n) is 4.16. The van der Waals surface area contributed by atoms with E-state index >= 15 is 0 Å². The number of amides is 1. The molecule has 3 heterocycles. The van der Waals surface area contributed by atoms with Crippen molar-refractivity contribution in [1.29, 1.82) is 0 Å². The van der Waals surface area contributed by atoms with E-state index in [0.717, 1.165) is 6.42 Å². The molecule has 1 aromatic heterocycles. The summed E-state index contributed by atoms with van der Waals surface area (Å²) in [6.07, 6.45) is 1.68. The monoisotopic (exact) mass is 402 g/mol. The van der Waals surface area contributed by atoms with Gasteiger partial charge in [0.25, 0.3) is 5.88 Å². The predicted octanol–water partition coefficient (Wildman–Crippen LogP) is 2.60. The second-order valence-corrected chi connectivity index (χ2v) is 7.98. The smallest absolute Gasteiger partial charge is 0.254 e. The molecule has 156 valence electrons. The number of aromatic nitrogens is 1. The van der Waals surface area contributed by atoms with Crippen molar-refractivity contribution in [3.63, 3.8) is 0 Å². The number of hydrazine groups is 1. The summed E-state index contributed by atoms with van der Waals surface area (Å²) in [4.78, 5) is 14.7. The quantitative estimate of drug-likeness (QED) is 0.773. The minimum absolute atomic E-state index is 0.0203. The summed E-state index contributed by atoms with van der Waals surface area (Å²) in [5.74, 6) is 1.06. The molecule has 4 rings (SSSR count). The standard InChI is InChI=1S/C21H27FN4O3/c1-13(2)28-19-11-14(29-25-19)7-8-20(27)26-10-9-18-16(12-26)21(24-23-18)15-5-3-4-6-17(15)22/h3-6,11,13,16,18,21,23-24H,7-10,12H2,1-2H3. The van der Waals surface area contributed by atoms with Gasteiger partial charge in [-0.25, -0.2) is 9.82 Å². The maximum atomic E-state index is 14.3. The van der Waals surface area contributed by atoms with Crippen LogP contribution in [0.3, 0.4) is 0 Å². The van der Waals surface area contributed by atoms with Gasteiger partial charge >= 0.3 is 0 Å². The van der Waals surface area contributed by atoms with Gasteiger partial charge in [0.1, 0.15) is 11.6 Å². The number of piperidine rings is 1. The lowest BCUT2D eigenvalue weighted by Gasteiger charge is -2.36. The Morgan fingerprint density at radius 2 is 2.21 bits per heavy atom. The van der Waals surface area contributed by atoms with Gasteiger partial charge in [-0.1, -0.05) is 18.2 Å². The van der Waals surface area contributed by atoms with Crippen LogP contribution in [-0.4, -0.2) is 41.2 Å². The Balaban J connectivity index is 1.35. The van der Waals surface area contributed by atoms with Gasteiger partial charge in [0.05, 0.1) is 12.1 Å². The third kappa shape index (κ3) is 4.43. The van der Waals surface area contributed by atoms with Gasteiger partial charge in [-0.2, -0.15) is 0 Å². The van der Waals surface area contributed by atoms with Crippen molar-refractivity contribution in [1.82, 2.24) is 20.9 Å². The number of hydrogen-bond donors (Lipinski definition) is 2. The first kappa shape index (κ1) is 19.8. The Bertz CT molecular complexity index is 856. The number of benzene rings is 1. The molecule has 2 saturated heterocycles. The average Bonchev–Trinajstić information content (AvgIpc) is 3.32. The van der Waals surface area contributed by atoms with Crippen molar-refractivity contribution >= 4 is 5.91 Å². The summed E-state index contributed by atoms with van der Waals surface area (Å²) < 4.78 is 25.0. The molecular weight excluding hydrogens is 375 g/mol. The minimum Gasteiger partial charge on any atom is -0.473 e. The zero-order chi connectivity index (χ0) is 20.4. The minimum atomic E-state index is -0.222. The second-order valence-electron chi connectivity index (χ2n) is 7.98. The lowest BCUT2D eigenvalue weighted by molar-refractivity contribution is -0.133. The first-order valence-electron chi connectivity index (χ1n) is 10.2. The third-order valence-electron chi connectivity index (χ3n) is 5.58. The molecule has 3 unspecified atom stereocenters. The van der Waals surface area contributed by atoms with Crippen LogP contribution in [0.2, 0.25) is 0 Å². The molecule has 29 heavy (non-hydrogen) atoms. The lowest BCUT2D eigenvalue weighted by atomic mass is 9.85. The van der Waals surface area contributed by atoms with Crippen LogP contribution in [0, 0.1) is 11.7 Å². The van der Waals surface area contributed by atoms with Gasteiger partial charge in [0, 0.05) is 49.5 Å². The Morgan fingerprint density at radius 3 is 3.00 bits per heavy atom. The Hall–Kier alpha value is -2.45. The highest BCUT2D eigenvalue weighted by molar-refractivity contribution is 5.76. The first-order chi connectivity index (χ1) is 14.0. The molecule has 0 spiro atoms. The number of aryl methyl sites for hydroxylation is 1. The van der Waals surface area contributed by atoms with Gasteiger partial charge in [-0.15, -0.1) is 0 Å². The molecule has 2 aliphatic heterocycles. The Morgan fingerprint density at radius 1 is 1.38 bits per heavy atom. The lowest BCUT2D eigenvalue weighted by Crippen LogP contribution is -2.47. The molecule has 0 saturated carbocycles. The number of nitrogens with zero attached hydrogens (tertiary/aromatic N) is 2. The van der Waals surface area contributed by atoms with E-state index in [1.165, 1.54) is 6.07 Å². The van der Waals surface area contributed by atoms with Gasteiger partial charge in [0.2, 0.25) is 5.91 Å². The van der Waals surface area contributed by atoms with E-state index < -0.39 is 0 Å². The van der Waals surface area contributed by atoms with Gasteiger partial charge in [0.15, 0.2) is 0 Å². The normalized spacial score (nSPS) is 24.0. The van der Waals surface area contributed by atoms with E-state index in [0.29, 0.717) is 43.1 Å². The molecular formula is C21H27FN4O3. The molecule has 1 amide bonds. The van der Waals surface area contributed by atoms with E-state index in [4.69, 9.17) is 9.26 Å². The number of carbonyl (C=O) groups excluding carboxylic acids is 1. The number of carbonyl (C=O) groups is 1. The summed E-state index contributed by atoms with van der Waals surface area (Å²) in [6.45, 7) is 5.13. The maximum absolute atomic E-state index is 14.3. The molecule has 1 aromatic carbocycles. The molecule has 2 aromatic rings. The SMILES string of the molecule is CC(C)Oc1cc(CCC(=O)N2CCC3NNC(c4ccccc4F)C3C2)on1. The summed E-state index contributed by atoms with van der Waals surface area (Å²) in [7, 11) is 0. The van der Waals surface area contributed by atoms with Crippen molar-refractivity contribution in [3.05, 3.63) is 47.5 Å². The molecule has 7 nitrogen and oxygen atoms in total. The van der Waals surface area contributed by atoms with Crippen LogP contribution in [0.25, 0.3) is 0 Å². The van der Waals surface area contributed by atoms with Crippen LogP contribution in [0.1, 0.15) is 44.1 Å². The van der Waals surface area contributed by atoms with E-state index in [1.807, 2.05) is 24.8 Å². The molecule has 2 N–H and O–H groups in total. The van der Waals surface area contributed by atoms with Crippen molar-refractivity contribution < 1.29 is 18.4 Å². The number of fused-ring (bicyclic) bond motifs is 1. The van der Waals surface area contributed by atoms with Crippen LogP contribution in [0.4, 0.5) is 4.39 Å². The third-order valence-corrected chi connectivity index (χ3v) is 5.58.